The van der Waals surface area contributed by atoms with E-state index in [1.165, 1.54) is 0 Å². The second kappa shape index (κ2) is 6.91. The minimum Gasteiger partial charge on any atom is -0.506 e. The summed E-state index contributed by atoms with van der Waals surface area (Å²) in [5.41, 5.74) is 0.460. The highest BCUT2D eigenvalue weighted by atomic mass is 16.3. The van der Waals surface area contributed by atoms with E-state index in [0.717, 1.165) is 25.9 Å². The van der Waals surface area contributed by atoms with Crippen molar-refractivity contribution < 1.29 is 15.0 Å². The lowest BCUT2D eigenvalue weighted by Gasteiger charge is -2.36. The number of phenols is 1. The number of aliphatic hydroxyl groups excluding tert-OH is 1. The van der Waals surface area contributed by atoms with Crippen molar-refractivity contribution in [2.45, 2.75) is 38.8 Å². The van der Waals surface area contributed by atoms with Crippen molar-refractivity contribution in [3.8, 4) is 5.75 Å². The summed E-state index contributed by atoms with van der Waals surface area (Å²) in [5.74, 6) is 0.00826. The van der Waals surface area contributed by atoms with Crippen LogP contribution in [-0.4, -0.2) is 46.3 Å². The average molecular weight is 292 g/mol. The number of para-hydroxylation sites is 2. The Morgan fingerprint density at radius 3 is 2.48 bits per heavy atom. The number of likely N-dealkylation sites (tertiary alicyclic amines) is 1. The molecule has 5 heteroatoms. The normalized spacial score (nSPS) is 20.0. The molecule has 0 saturated carbocycles. The Morgan fingerprint density at radius 2 is 1.90 bits per heavy atom. The van der Waals surface area contributed by atoms with Crippen molar-refractivity contribution in [1.29, 1.82) is 0 Å². The molecule has 1 fully saturated rings. The lowest BCUT2D eigenvalue weighted by atomic mass is 9.94. The highest BCUT2D eigenvalue weighted by Crippen LogP contribution is 2.25. The van der Waals surface area contributed by atoms with Crippen LogP contribution >= 0.6 is 0 Å². The van der Waals surface area contributed by atoms with Crippen molar-refractivity contribution >= 4 is 11.6 Å². The van der Waals surface area contributed by atoms with Gasteiger partial charge in [-0.15, -0.1) is 0 Å². The number of carbonyl (C=O) groups excluding carboxylic acids is 1. The first kappa shape index (κ1) is 15.8. The van der Waals surface area contributed by atoms with Gasteiger partial charge in [0.25, 0.3) is 0 Å². The molecule has 116 valence electrons. The van der Waals surface area contributed by atoms with Gasteiger partial charge in [0.15, 0.2) is 0 Å². The number of hydrogen-bond acceptors (Lipinski definition) is 4. The Morgan fingerprint density at radius 1 is 1.29 bits per heavy atom. The molecule has 0 aliphatic carbocycles. The van der Waals surface area contributed by atoms with E-state index < -0.39 is 0 Å². The van der Waals surface area contributed by atoms with Crippen molar-refractivity contribution in [2.24, 2.45) is 5.92 Å². The number of rotatable bonds is 4. The van der Waals surface area contributed by atoms with E-state index in [4.69, 9.17) is 0 Å². The Labute approximate surface area is 125 Å². The van der Waals surface area contributed by atoms with E-state index in [-0.39, 0.29) is 29.7 Å². The second-order valence-corrected chi connectivity index (χ2v) is 5.80. The van der Waals surface area contributed by atoms with Crippen LogP contribution in [0.1, 0.15) is 26.7 Å². The van der Waals surface area contributed by atoms with Crippen LogP contribution in [0.2, 0.25) is 0 Å². The van der Waals surface area contributed by atoms with Crippen LogP contribution in [0.5, 0.6) is 5.75 Å². The molecule has 1 aliphatic heterocycles. The maximum atomic E-state index is 12.2. The minimum absolute atomic E-state index is 0.0398. The molecule has 1 saturated heterocycles. The highest BCUT2D eigenvalue weighted by molar-refractivity contribution is 5.93. The standard InChI is InChI=1S/C16H24N2O3/c1-11(12(2)19)18-9-7-13(8-10-18)16(21)17-14-5-3-4-6-15(14)20/h3-6,11-13,19-20H,7-10H2,1-2H3,(H,17,21). The predicted molar refractivity (Wildman–Crippen MR) is 82.2 cm³/mol. The number of nitrogens with one attached hydrogen (secondary N) is 1. The van der Waals surface area contributed by atoms with E-state index in [2.05, 4.69) is 10.2 Å². The van der Waals surface area contributed by atoms with Gasteiger partial charge in [-0.1, -0.05) is 12.1 Å². The average Bonchev–Trinajstić information content (AvgIpc) is 2.49. The molecule has 1 heterocycles. The molecule has 1 aromatic rings. The first-order valence-corrected chi connectivity index (χ1v) is 7.50. The smallest absolute Gasteiger partial charge is 0.227 e. The van der Waals surface area contributed by atoms with Crippen molar-refractivity contribution in [2.75, 3.05) is 18.4 Å². The van der Waals surface area contributed by atoms with Gasteiger partial charge in [-0.3, -0.25) is 9.69 Å². The van der Waals surface area contributed by atoms with Gasteiger partial charge in [0.05, 0.1) is 11.8 Å². The number of anilines is 1. The molecule has 1 aromatic carbocycles. The van der Waals surface area contributed by atoms with Gasteiger partial charge in [0, 0.05) is 12.0 Å². The van der Waals surface area contributed by atoms with Crippen LogP contribution in [-0.2, 0) is 4.79 Å². The number of aromatic hydroxyl groups is 1. The number of piperidine rings is 1. The Balaban J connectivity index is 1.88. The molecule has 0 spiro atoms. The Hall–Kier alpha value is -1.59. The summed E-state index contributed by atoms with van der Waals surface area (Å²) in [4.78, 5) is 14.5. The van der Waals surface area contributed by atoms with E-state index in [1.54, 1.807) is 31.2 Å². The van der Waals surface area contributed by atoms with Gasteiger partial charge in [-0.25, -0.2) is 0 Å². The highest BCUT2D eigenvalue weighted by Gasteiger charge is 2.28. The molecule has 21 heavy (non-hydrogen) atoms. The quantitative estimate of drug-likeness (QED) is 0.740. The van der Waals surface area contributed by atoms with Crippen LogP contribution in [0.25, 0.3) is 0 Å². The van der Waals surface area contributed by atoms with E-state index in [1.807, 2.05) is 6.92 Å². The lowest BCUT2D eigenvalue weighted by Crippen LogP contribution is -2.46. The fraction of sp³-hybridized carbons (Fsp3) is 0.562. The fourth-order valence-electron chi connectivity index (χ4n) is 2.69. The summed E-state index contributed by atoms with van der Waals surface area (Å²) in [6.45, 7) is 5.42. The Kier molecular flexibility index (Phi) is 5.20. The topological polar surface area (TPSA) is 72.8 Å². The molecule has 1 aliphatic rings. The number of aliphatic hydroxyl groups is 1. The van der Waals surface area contributed by atoms with Crippen LogP contribution in [0.4, 0.5) is 5.69 Å². The number of carbonyl (C=O) groups is 1. The summed E-state index contributed by atoms with van der Waals surface area (Å²) in [7, 11) is 0. The summed E-state index contributed by atoms with van der Waals surface area (Å²) < 4.78 is 0. The van der Waals surface area contributed by atoms with Crippen LogP contribution < -0.4 is 5.32 Å². The monoisotopic (exact) mass is 292 g/mol. The summed E-state index contributed by atoms with van der Waals surface area (Å²) in [5, 5.41) is 22.1. The molecule has 1 amide bonds. The van der Waals surface area contributed by atoms with Gasteiger partial charge < -0.3 is 15.5 Å². The van der Waals surface area contributed by atoms with Crippen LogP contribution in [0.3, 0.4) is 0 Å². The molecule has 0 bridgehead atoms. The Bertz CT molecular complexity index is 482. The van der Waals surface area contributed by atoms with Gasteiger partial charge in [0.2, 0.25) is 5.91 Å². The second-order valence-electron chi connectivity index (χ2n) is 5.80. The van der Waals surface area contributed by atoms with Crippen molar-refractivity contribution in [3.05, 3.63) is 24.3 Å². The van der Waals surface area contributed by atoms with Gasteiger partial charge in [-0.2, -0.15) is 0 Å². The zero-order valence-corrected chi connectivity index (χ0v) is 12.6. The number of hydrogen-bond donors (Lipinski definition) is 3. The van der Waals surface area contributed by atoms with Gasteiger partial charge in [0.1, 0.15) is 5.75 Å². The van der Waals surface area contributed by atoms with Crippen molar-refractivity contribution in [1.82, 2.24) is 4.90 Å². The minimum atomic E-state index is -0.364. The zero-order chi connectivity index (χ0) is 15.4. The molecule has 0 aromatic heterocycles. The van der Waals surface area contributed by atoms with Crippen LogP contribution in [0, 0.1) is 5.92 Å². The number of phenolic OH excluding ortho intramolecular Hbond substituents is 1. The molecular formula is C16H24N2O3. The van der Waals surface area contributed by atoms with E-state index in [0.29, 0.717) is 5.69 Å². The third-order valence-electron chi connectivity index (χ3n) is 4.34. The van der Waals surface area contributed by atoms with Gasteiger partial charge in [-0.05, 0) is 51.9 Å². The van der Waals surface area contributed by atoms with Crippen molar-refractivity contribution in [3.63, 3.8) is 0 Å². The third-order valence-corrected chi connectivity index (χ3v) is 4.34. The van der Waals surface area contributed by atoms with Crippen LogP contribution in [0.15, 0.2) is 24.3 Å². The summed E-state index contributed by atoms with van der Waals surface area (Å²) in [6.07, 6.45) is 1.18. The number of amides is 1. The molecule has 3 N–H and O–H groups in total. The summed E-state index contributed by atoms with van der Waals surface area (Å²) >= 11 is 0. The maximum Gasteiger partial charge on any atom is 0.227 e. The maximum absolute atomic E-state index is 12.2. The third kappa shape index (κ3) is 3.95. The molecule has 2 unspecified atom stereocenters. The van der Waals surface area contributed by atoms with E-state index >= 15 is 0 Å². The van der Waals surface area contributed by atoms with Gasteiger partial charge >= 0.3 is 0 Å². The predicted octanol–water partition coefficient (Wildman–Crippen LogP) is 1.81. The number of nitrogens with zero attached hydrogens (tertiary/aromatic N) is 1. The molecule has 2 atom stereocenters. The first-order chi connectivity index (χ1) is 9.99. The first-order valence-electron chi connectivity index (χ1n) is 7.50. The number of benzene rings is 1. The zero-order valence-electron chi connectivity index (χ0n) is 12.6. The molecular weight excluding hydrogens is 268 g/mol. The summed E-state index contributed by atoms with van der Waals surface area (Å²) in [6, 6.07) is 6.87. The molecule has 0 radical (unpaired) electrons. The fourth-order valence-corrected chi connectivity index (χ4v) is 2.69. The molecule has 5 nitrogen and oxygen atoms in total. The lowest BCUT2D eigenvalue weighted by molar-refractivity contribution is -0.121. The molecule has 2 rings (SSSR count). The largest absolute Gasteiger partial charge is 0.506 e. The van der Waals surface area contributed by atoms with E-state index in [9.17, 15) is 15.0 Å². The SMILES string of the molecule is CC(O)C(C)N1CCC(C(=O)Nc2ccccc2O)CC1.